The highest BCUT2D eigenvalue weighted by Crippen LogP contribution is 2.33. The summed E-state index contributed by atoms with van der Waals surface area (Å²) in [7, 11) is 1.61. The van der Waals surface area contributed by atoms with Crippen LogP contribution in [0.3, 0.4) is 0 Å². The van der Waals surface area contributed by atoms with E-state index in [0.717, 1.165) is 44.2 Å². The van der Waals surface area contributed by atoms with Gasteiger partial charge in [0.25, 0.3) is 5.91 Å². The number of amides is 1. The lowest BCUT2D eigenvalue weighted by atomic mass is 9.89. The number of ether oxygens (including phenoxy) is 1. The number of hydrogen-bond donors (Lipinski definition) is 1. The minimum atomic E-state index is -0.236. The van der Waals surface area contributed by atoms with Crippen LogP contribution in [0.15, 0.2) is 47.3 Å². The van der Waals surface area contributed by atoms with Gasteiger partial charge >= 0.3 is 0 Å². The van der Waals surface area contributed by atoms with Crippen LogP contribution in [0.1, 0.15) is 22.0 Å². The molecule has 1 amide bonds. The number of fused-ring (bicyclic) bond motifs is 2. The molecule has 0 unspecified atom stereocenters. The molecule has 0 radical (unpaired) electrons. The summed E-state index contributed by atoms with van der Waals surface area (Å²) in [5, 5.41) is 11.4. The fourth-order valence-corrected chi connectivity index (χ4v) is 4.42. The summed E-state index contributed by atoms with van der Waals surface area (Å²) >= 11 is 0. The van der Waals surface area contributed by atoms with Gasteiger partial charge in [0, 0.05) is 43.9 Å². The number of aromatic nitrogens is 3. The summed E-state index contributed by atoms with van der Waals surface area (Å²) in [6.45, 7) is 3.72. The van der Waals surface area contributed by atoms with E-state index in [4.69, 9.17) is 9.15 Å². The van der Waals surface area contributed by atoms with E-state index in [1.165, 1.54) is 5.56 Å². The van der Waals surface area contributed by atoms with Gasteiger partial charge in [-0.3, -0.25) is 9.69 Å². The van der Waals surface area contributed by atoms with Crippen LogP contribution in [0, 0.1) is 11.8 Å². The number of likely N-dealkylation sites (tertiary alicyclic amines) is 1. The van der Waals surface area contributed by atoms with Crippen LogP contribution in [-0.2, 0) is 19.5 Å². The molecule has 29 heavy (non-hydrogen) atoms. The van der Waals surface area contributed by atoms with Crippen molar-refractivity contribution in [3.63, 3.8) is 0 Å². The Hall–Kier alpha value is -3.13. The quantitative estimate of drug-likeness (QED) is 0.717. The predicted octanol–water partition coefficient (Wildman–Crippen LogP) is 2.44. The van der Waals surface area contributed by atoms with Gasteiger partial charge in [-0.25, -0.2) is 0 Å². The average Bonchev–Trinajstić information content (AvgIpc) is 3.46. The van der Waals surface area contributed by atoms with Crippen molar-refractivity contribution in [2.24, 2.45) is 11.8 Å². The zero-order valence-corrected chi connectivity index (χ0v) is 16.2. The summed E-state index contributed by atoms with van der Waals surface area (Å²) in [6.07, 6.45) is 4.38. The molecular formula is C21H23N5O3. The van der Waals surface area contributed by atoms with Crippen molar-refractivity contribution in [1.29, 1.82) is 0 Å². The Kier molecular flexibility index (Phi) is 4.55. The first-order valence-corrected chi connectivity index (χ1v) is 9.80. The maximum atomic E-state index is 12.8. The lowest BCUT2D eigenvalue weighted by Crippen LogP contribution is -2.31. The first-order chi connectivity index (χ1) is 14.2. The Bertz CT molecular complexity index is 996. The molecule has 8 nitrogen and oxygen atoms in total. The Morgan fingerprint density at radius 2 is 2.00 bits per heavy atom. The van der Waals surface area contributed by atoms with Crippen LogP contribution in [0.5, 0.6) is 5.75 Å². The van der Waals surface area contributed by atoms with Crippen molar-refractivity contribution in [2.75, 3.05) is 25.5 Å². The average molecular weight is 393 g/mol. The molecule has 2 aliphatic rings. The van der Waals surface area contributed by atoms with Gasteiger partial charge in [0.05, 0.1) is 19.6 Å². The summed E-state index contributed by atoms with van der Waals surface area (Å²) < 4.78 is 12.3. The molecule has 0 saturated carbocycles. The summed E-state index contributed by atoms with van der Waals surface area (Å²) in [6, 6.07) is 9.26. The fraction of sp³-hybridized carbons (Fsp3) is 0.381. The number of methoxy groups -OCH3 is 1. The van der Waals surface area contributed by atoms with Crippen molar-refractivity contribution in [3.8, 4) is 5.75 Å². The monoisotopic (exact) mass is 393 g/mol. The molecule has 2 aromatic heterocycles. The predicted molar refractivity (Wildman–Crippen MR) is 106 cm³/mol. The fourth-order valence-electron chi connectivity index (χ4n) is 4.42. The standard InChI is InChI=1S/C21H23N5O3/c1-28-18-4-2-17(3-5-18)22-21(27)20-24-23-19-8-15-10-25(9-14-6-7-29-13-14)11-16(15)12-26(19)20/h2-7,13,15-16H,8-12H2,1H3,(H,22,27)/t15-,16+/m0/s1. The van der Waals surface area contributed by atoms with Crippen LogP contribution in [0.25, 0.3) is 0 Å². The summed E-state index contributed by atoms with van der Waals surface area (Å²) in [4.78, 5) is 15.2. The lowest BCUT2D eigenvalue weighted by Gasteiger charge is -2.25. The van der Waals surface area contributed by atoms with Crippen LogP contribution < -0.4 is 10.1 Å². The van der Waals surface area contributed by atoms with E-state index >= 15 is 0 Å². The molecule has 1 N–H and O–H groups in total. The second-order valence-electron chi connectivity index (χ2n) is 7.78. The number of carbonyl (C=O) groups is 1. The lowest BCUT2D eigenvalue weighted by molar-refractivity contribution is 0.100. The number of nitrogens with zero attached hydrogens (tertiary/aromatic N) is 4. The van der Waals surface area contributed by atoms with E-state index in [-0.39, 0.29) is 5.91 Å². The topological polar surface area (TPSA) is 85.4 Å². The number of furan rings is 1. The molecule has 1 aromatic carbocycles. The number of benzene rings is 1. The smallest absolute Gasteiger partial charge is 0.293 e. The van der Waals surface area contributed by atoms with Gasteiger partial charge in [0.1, 0.15) is 11.6 Å². The van der Waals surface area contributed by atoms with Crippen LogP contribution in [0.4, 0.5) is 5.69 Å². The Morgan fingerprint density at radius 1 is 1.17 bits per heavy atom. The van der Waals surface area contributed by atoms with Gasteiger partial charge in [-0.1, -0.05) is 0 Å². The minimum Gasteiger partial charge on any atom is -0.497 e. The molecule has 2 aliphatic heterocycles. The van der Waals surface area contributed by atoms with Crippen molar-refractivity contribution in [1.82, 2.24) is 19.7 Å². The van der Waals surface area contributed by atoms with Crippen molar-refractivity contribution >= 4 is 11.6 Å². The van der Waals surface area contributed by atoms with Gasteiger partial charge in [-0.15, -0.1) is 10.2 Å². The number of hydrogen-bond acceptors (Lipinski definition) is 6. The Balaban J connectivity index is 1.27. The third-order valence-electron chi connectivity index (χ3n) is 5.88. The second-order valence-corrected chi connectivity index (χ2v) is 7.78. The van der Waals surface area contributed by atoms with E-state index in [2.05, 4.69) is 20.4 Å². The Labute approximate surface area is 168 Å². The van der Waals surface area contributed by atoms with Gasteiger partial charge in [0.2, 0.25) is 5.82 Å². The third kappa shape index (κ3) is 3.51. The van der Waals surface area contributed by atoms with Gasteiger partial charge < -0.3 is 19.0 Å². The van der Waals surface area contributed by atoms with Gasteiger partial charge in [-0.05, 0) is 42.2 Å². The zero-order valence-electron chi connectivity index (χ0n) is 16.2. The maximum Gasteiger partial charge on any atom is 0.293 e. The molecule has 0 spiro atoms. The van der Waals surface area contributed by atoms with E-state index in [1.807, 2.05) is 34.9 Å². The summed E-state index contributed by atoms with van der Waals surface area (Å²) in [5.41, 5.74) is 1.90. The SMILES string of the molecule is COc1ccc(NC(=O)c2nnc3n2C[C@H]2CN(Cc4ccoc4)C[C@@H]2C3)cc1. The number of carbonyl (C=O) groups excluding carboxylic acids is 1. The van der Waals surface area contributed by atoms with Crippen LogP contribution in [0.2, 0.25) is 0 Å². The molecule has 5 rings (SSSR count). The zero-order chi connectivity index (χ0) is 19.8. The van der Waals surface area contributed by atoms with Crippen molar-refractivity contribution in [3.05, 3.63) is 60.1 Å². The van der Waals surface area contributed by atoms with Gasteiger partial charge in [-0.2, -0.15) is 0 Å². The molecule has 0 aliphatic carbocycles. The molecule has 1 fully saturated rings. The highest BCUT2D eigenvalue weighted by molar-refractivity contribution is 6.01. The largest absolute Gasteiger partial charge is 0.497 e. The maximum absolute atomic E-state index is 12.8. The normalized spacial score (nSPS) is 20.9. The number of rotatable bonds is 5. The summed E-state index contributed by atoms with van der Waals surface area (Å²) in [5.74, 6) is 2.84. The minimum absolute atomic E-state index is 0.236. The molecular weight excluding hydrogens is 370 g/mol. The molecule has 8 heteroatoms. The molecule has 4 heterocycles. The van der Waals surface area contributed by atoms with Crippen molar-refractivity contribution in [2.45, 2.75) is 19.5 Å². The molecule has 3 aromatic rings. The van der Waals surface area contributed by atoms with E-state index in [1.54, 1.807) is 19.6 Å². The molecule has 150 valence electrons. The Morgan fingerprint density at radius 3 is 2.76 bits per heavy atom. The van der Waals surface area contributed by atoms with Crippen LogP contribution >= 0.6 is 0 Å². The highest BCUT2D eigenvalue weighted by atomic mass is 16.5. The first-order valence-electron chi connectivity index (χ1n) is 9.80. The number of nitrogens with one attached hydrogen (secondary N) is 1. The van der Waals surface area contributed by atoms with Crippen LogP contribution in [-0.4, -0.2) is 45.8 Å². The third-order valence-corrected chi connectivity index (χ3v) is 5.88. The van der Waals surface area contributed by atoms with Crippen molar-refractivity contribution < 1.29 is 13.9 Å². The van der Waals surface area contributed by atoms with Gasteiger partial charge in [0.15, 0.2) is 0 Å². The van der Waals surface area contributed by atoms with E-state index in [0.29, 0.717) is 23.3 Å². The van der Waals surface area contributed by atoms with E-state index < -0.39 is 0 Å². The molecule has 1 saturated heterocycles. The molecule has 2 atom stereocenters. The highest BCUT2D eigenvalue weighted by Gasteiger charge is 2.39. The first kappa shape index (κ1) is 17.9. The van der Waals surface area contributed by atoms with E-state index in [9.17, 15) is 4.79 Å². The second kappa shape index (κ2) is 7.36. The number of anilines is 1. The molecule has 0 bridgehead atoms.